The zero-order valence-electron chi connectivity index (χ0n) is 23.8. The zero-order valence-corrected chi connectivity index (χ0v) is 23.8. The van der Waals surface area contributed by atoms with Crippen molar-refractivity contribution in [2.75, 3.05) is 20.3 Å². The lowest BCUT2D eigenvalue weighted by molar-refractivity contribution is -0.125. The Bertz CT molecular complexity index is 1210. The number of allylic oxidation sites excluding steroid dienone is 1. The Hall–Kier alpha value is -3.28. The lowest BCUT2D eigenvalue weighted by atomic mass is 9.89. The van der Waals surface area contributed by atoms with E-state index in [1.807, 2.05) is 31.2 Å². The summed E-state index contributed by atoms with van der Waals surface area (Å²) < 4.78 is 14.0. The number of hydrogen-bond donors (Lipinski definition) is 1. The van der Waals surface area contributed by atoms with Crippen LogP contribution in [0.15, 0.2) is 48.5 Å². The van der Waals surface area contributed by atoms with Crippen molar-refractivity contribution in [3.8, 4) is 11.5 Å². The predicted octanol–water partition coefficient (Wildman–Crippen LogP) is 7.35. The molecule has 0 unspecified atom stereocenters. The van der Waals surface area contributed by atoms with Crippen molar-refractivity contribution >= 4 is 23.0 Å². The number of carbonyl (C=O) groups is 1. The first-order valence-electron chi connectivity index (χ1n) is 14.8. The number of nitrogens with zero attached hydrogens (tertiary/aromatic N) is 2. The largest absolute Gasteiger partial charge is 0.493 e. The number of imidazole rings is 1. The summed E-state index contributed by atoms with van der Waals surface area (Å²) in [5.74, 6) is 3.22. The van der Waals surface area contributed by atoms with Crippen LogP contribution in [0.2, 0.25) is 0 Å². The van der Waals surface area contributed by atoms with Crippen molar-refractivity contribution in [1.82, 2.24) is 14.9 Å². The molecule has 1 saturated carbocycles. The van der Waals surface area contributed by atoms with Crippen LogP contribution in [0.4, 0.5) is 0 Å². The molecule has 0 radical (unpaired) electrons. The molecule has 0 aliphatic heterocycles. The van der Waals surface area contributed by atoms with Crippen molar-refractivity contribution in [3.63, 3.8) is 0 Å². The molecule has 1 N–H and O–H groups in total. The van der Waals surface area contributed by atoms with E-state index in [1.165, 1.54) is 24.8 Å². The number of nitrogens with one attached hydrogen (secondary N) is 1. The molecule has 6 nitrogen and oxygen atoms in total. The van der Waals surface area contributed by atoms with Gasteiger partial charge in [-0.15, -0.1) is 0 Å². The number of aryl methyl sites for hydroxylation is 2. The molecule has 1 aliphatic carbocycles. The number of para-hydroxylation sites is 2. The van der Waals surface area contributed by atoms with Gasteiger partial charge in [-0.3, -0.25) is 4.79 Å². The number of benzene rings is 2. The molecule has 0 atom stereocenters. The van der Waals surface area contributed by atoms with Crippen LogP contribution in [-0.2, 0) is 17.8 Å². The third-order valence-electron chi connectivity index (χ3n) is 7.67. The van der Waals surface area contributed by atoms with E-state index in [2.05, 4.69) is 40.2 Å². The first-order valence-corrected chi connectivity index (χ1v) is 14.8. The van der Waals surface area contributed by atoms with E-state index in [-0.39, 0.29) is 11.8 Å². The highest BCUT2D eigenvalue weighted by atomic mass is 16.5. The fourth-order valence-electron chi connectivity index (χ4n) is 5.52. The average Bonchev–Trinajstić information content (AvgIpc) is 3.32. The standard InChI is InChI=1S/C33H45N3O3/c1-3-14-26-20-21-30(31(25-26)38-2)39-24-13-12-23-36-29-18-10-9-17-28(29)35-32(36)19-8-5-11-22-34-33(37)27-15-6-4-7-16-27/h3,9-10,14,17-18,20-21,25,27H,4-8,11-13,15-16,19,22-24H2,1-2H3,(H,34,37)/b14-3+. The van der Waals surface area contributed by atoms with Gasteiger partial charge in [-0.2, -0.15) is 0 Å². The molecular formula is C33H45N3O3. The number of methoxy groups -OCH3 is 1. The summed E-state index contributed by atoms with van der Waals surface area (Å²) in [7, 11) is 1.68. The van der Waals surface area contributed by atoms with Crippen LogP contribution >= 0.6 is 0 Å². The van der Waals surface area contributed by atoms with E-state index >= 15 is 0 Å². The average molecular weight is 532 g/mol. The lowest BCUT2D eigenvalue weighted by Crippen LogP contribution is -2.32. The highest BCUT2D eigenvalue weighted by Crippen LogP contribution is 2.29. The molecule has 0 spiro atoms. The van der Waals surface area contributed by atoms with Gasteiger partial charge in [-0.25, -0.2) is 4.98 Å². The highest BCUT2D eigenvalue weighted by molar-refractivity contribution is 5.78. The Morgan fingerprint density at radius 3 is 2.69 bits per heavy atom. The van der Waals surface area contributed by atoms with Crippen LogP contribution in [0.25, 0.3) is 17.1 Å². The lowest BCUT2D eigenvalue weighted by Gasteiger charge is -2.20. The van der Waals surface area contributed by atoms with E-state index < -0.39 is 0 Å². The van der Waals surface area contributed by atoms with Gasteiger partial charge in [0.15, 0.2) is 11.5 Å². The van der Waals surface area contributed by atoms with E-state index in [0.717, 1.165) is 92.9 Å². The summed E-state index contributed by atoms with van der Waals surface area (Å²) in [6, 6.07) is 14.4. The molecule has 0 saturated heterocycles. The molecule has 3 aromatic rings. The summed E-state index contributed by atoms with van der Waals surface area (Å²) in [4.78, 5) is 17.3. The summed E-state index contributed by atoms with van der Waals surface area (Å²) in [6.45, 7) is 4.36. The van der Waals surface area contributed by atoms with Crippen LogP contribution < -0.4 is 14.8 Å². The van der Waals surface area contributed by atoms with E-state index in [0.29, 0.717) is 6.61 Å². The molecular weight excluding hydrogens is 486 g/mol. The Morgan fingerprint density at radius 1 is 1.03 bits per heavy atom. The quantitative estimate of drug-likeness (QED) is 0.208. The second kappa shape index (κ2) is 15.3. The SMILES string of the molecule is C/C=C/c1ccc(OCCCCn2c(CCCCCNC(=O)C3CCCCC3)nc3ccccc32)c(OC)c1. The van der Waals surface area contributed by atoms with Crippen molar-refractivity contribution < 1.29 is 14.3 Å². The fourth-order valence-corrected chi connectivity index (χ4v) is 5.52. The van der Waals surface area contributed by atoms with Crippen molar-refractivity contribution in [2.24, 2.45) is 5.92 Å². The molecule has 6 heteroatoms. The number of rotatable bonds is 15. The Kier molecular flexibility index (Phi) is 11.3. The third-order valence-corrected chi connectivity index (χ3v) is 7.67. The van der Waals surface area contributed by atoms with E-state index in [4.69, 9.17) is 14.5 Å². The molecule has 0 bridgehead atoms. The summed E-state index contributed by atoms with van der Waals surface area (Å²) in [5, 5.41) is 3.17. The van der Waals surface area contributed by atoms with Crippen molar-refractivity contribution in [3.05, 3.63) is 59.9 Å². The Labute approximate surface area is 233 Å². The van der Waals surface area contributed by atoms with Gasteiger partial charge in [0.1, 0.15) is 5.82 Å². The molecule has 39 heavy (non-hydrogen) atoms. The minimum atomic E-state index is 0.245. The maximum Gasteiger partial charge on any atom is 0.223 e. The van der Waals surface area contributed by atoms with Gasteiger partial charge in [0.25, 0.3) is 0 Å². The third kappa shape index (κ3) is 8.35. The summed E-state index contributed by atoms with van der Waals surface area (Å²) in [5.41, 5.74) is 3.37. The number of aromatic nitrogens is 2. The molecule has 4 rings (SSSR count). The number of hydrogen-bond acceptors (Lipinski definition) is 4. The first-order chi connectivity index (χ1) is 19.2. The van der Waals surface area contributed by atoms with Crippen LogP contribution in [0.3, 0.4) is 0 Å². The molecule has 1 fully saturated rings. The number of unbranched alkanes of at least 4 members (excludes halogenated alkanes) is 3. The Balaban J connectivity index is 1.22. The minimum Gasteiger partial charge on any atom is -0.493 e. The molecule has 1 aliphatic rings. The smallest absolute Gasteiger partial charge is 0.223 e. The molecule has 1 aromatic heterocycles. The van der Waals surface area contributed by atoms with E-state index in [9.17, 15) is 4.79 Å². The van der Waals surface area contributed by atoms with Crippen molar-refractivity contribution in [1.29, 1.82) is 0 Å². The molecule has 1 heterocycles. The minimum absolute atomic E-state index is 0.245. The normalized spacial score (nSPS) is 14.2. The zero-order chi connectivity index (χ0) is 27.3. The topological polar surface area (TPSA) is 65.4 Å². The van der Waals surface area contributed by atoms with Crippen LogP contribution in [0.5, 0.6) is 11.5 Å². The van der Waals surface area contributed by atoms with Gasteiger partial charge in [0.2, 0.25) is 5.91 Å². The number of carbonyl (C=O) groups excluding carboxylic acids is 1. The molecule has 210 valence electrons. The van der Waals surface area contributed by atoms with Gasteiger partial charge in [0, 0.05) is 25.4 Å². The fraction of sp³-hybridized carbons (Fsp3) is 0.515. The van der Waals surface area contributed by atoms with Gasteiger partial charge in [0.05, 0.1) is 24.8 Å². The van der Waals surface area contributed by atoms with Gasteiger partial charge >= 0.3 is 0 Å². The Morgan fingerprint density at radius 2 is 1.87 bits per heavy atom. The number of amides is 1. The second-order valence-electron chi connectivity index (χ2n) is 10.6. The summed E-state index contributed by atoms with van der Waals surface area (Å²) in [6.07, 6.45) is 16.0. The molecule has 2 aromatic carbocycles. The maximum atomic E-state index is 12.4. The van der Waals surface area contributed by atoms with Crippen LogP contribution in [0.1, 0.15) is 82.5 Å². The van der Waals surface area contributed by atoms with Crippen LogP contribution in [0, 0.1) is 5.92 Å². The van der Waals surface area contributed by atoms with Gasteiger partial charge in [-0.1, -0.05) is 56.0 Å². The summed E-state index contributed by atoms with van der Waals surface area (Å²) >= 11 is 0. The van der Waals surface area contributed by atoms with E-state index in [1.54, 1.807) is 7.11 Å². The number of fused-ring (bicyclic) bond motifs is 1. The van der Waals surface area contributed by atoms with Crippen molar-refractivity contribution in [2.45, 2.75) is 84.1 Å². The van der Waals surface area contributed by atoms with Crippen LogP contribution in [-0.4, -0.2) is 35.7 Å². The predicted molar refractivity (Wildman–Crippen MR) is 159 cm³/mol. The number of ether oxygens (including phenoxy) is 2. The second-order valence-corrected chi connectivity index (χ2v) is 10.6. The van der Waals surface area contributed by atoms with Gasteiger partial charge < -0.3 is 19.4 Å². The first kappa shape index (κ1) is 28.7. The monoisotopic (exact) mass is 531 g/mol. The highest BCUT2D eigenvalue weighted by Gasteiger charge is 2.20. The maximum absolute atomic E-state index is 12.4. The molecule has 1 amide bonds. The van der Waals surface area contributed by atoms with Gasteiger partial charge in [-0.05, 0) is 75.3 Å².